The van der Waals surface area contributed by atoms with Crippen LogP contribution in [0.2, 0.25) is 0 Å². The molecule has 1 aliphatic rings. The van der Waals surface area contributed by atoms with Crippen molar-refractivity contribution in [1.82, 2.24) is 9.88 Å². The van der Waals surface area contributed by atoms with E-state index in [0.29, 0.717) is 17.4 Å². The number of anilines is 1. The Hall–Kier alpha value is -1.29. The van der Waals surface area contributed by atoms with Crippen molar-refractivity contribution in [2.45, 2.75) is 44.6 Å². The number of pyridine rings is 1. The zero-order valence-corrected chi connectivity index (χ0v) is 12.2. The minimum Gasteiger partial charge on any atom is -0.397 e. The standard InChI is InChI=1S/C14H21N3O.ClH/c1-17(12-6-4-2-3-5-7-12)14(18)13-9-8-11(15)10-16-13;/h8-10,12H,2-7,15H2,1H3;1H. The molecule has 1 saturated carbocycles. The van der Waals surface area contributed by atoms with E-state index in [1.807, 2.05) is 11.9 Å². The number of hydrogen-bond donors (Lipinski definition) is 1. The average molecular weight is 284 g/mol. The third-order valence-electron chi connectivity index (χ3n) is 3.70. The fourth-order valence-electron chi connectivity index (χ4n) is 2.52. The monoisotopic (exact) mass is 283 g/mol. The predicted octanol–water partition coefficient (Wildman–Crippen LogP) is 2.88. The van der Waals surface area contributed by atoms with Crippen molar-refractivity contribution in [2.75, 3.05) is 12.8 Å². The van der Waals surface area contributed by atoms with Crippen molar-refractivity contribution >= 4 is 24.0 Å². The highest BCUT2D eigenvalue weighted by Gasteiger charge is 2.22. The molecule has 5 heteroatoms. The van der Waals surface area contributed by atoms with Gasteiger partial charge >= 0.3 is 0 Å². The number of nitrogens with two attached hydrogens (primary N) is 1. The summed E-state index contributed by atoms with van der Waals surface area (Å²) in [4.78, 5) is 18.2. The van der Waals surface area contributed by atoms with Gasteiger partial charge in [0.2, 0.25) is 0 Å². The second kappa shape index (κ2) is 7.34. The molecule has 0 aliphatic heterocycles. The summed E-state index contributed by atoms with van der Waals surface area (Å²) in [5.41, 5.74) is 6.65. The van der Waals surface area contributed by atoms with E-state index >= 15 is 0 Å². The van der Waals surface area contributed by atoms with Gasteiger partial charge in [-0.2, -0.15) is 0 Å². The van der Waals surface area contributed by atoms with Crippen molar-refractivity contribution in [3.05, 3.63) is 24.0 Å². The fraction of sp³-hybridized carbons (Fsp3) is 0.571. The zero-order chi connectivity index (χ0) is 13.0. The van der Waals surface area contributed by atoms with Crippen LogP contribution < -0.4 is 5.73 Å². The van der Waals surface area contributed by atoms with Crippen molar-refractivity contribution in [2.24, 2.45) is 0 Å². The Morgan fingerprint density at radius 2 is 1.89 bits per heavy atom. The predicted molar refractivity (Wildman–Crippen MR) is 79.5 cm³/mol. The van der Waals surface area contributed by atoms with Crippen LogP contribution in [0.5, 0.6) is 0 Å². The van der Waals surface area contributed by atoms with Crippen LogP contribution in [0.1, 0.15) is 49.0 Å². The van der Waals surface area contributed by atoms with Gasteiger partial charge in [-0.25, -0.2) is 4.98 Å². The first-order valence-corrected chi connectivity index (χ1v) is 6.67. The number of aromatic nitrogens is 1. The van der Waals surface area contributed by atoms with Crippen LogP contribution in [0.25, 0.3) is 0 Å². The van der Waals surface area contributed by atoms with Crippen LogP contribution in [0.3, 0.4) is 0 Å². The average Bonchev–Trinajstić information content (AvgIpc) is 2.67. The van der Waals surface area contributed by atoms with Gasteiger partial charge in [0, 0.05) is 13.1 Å². The highest BCUT2D eigenvalue weighted by atomic mass is 35.5. The molecule has 0 bridgehead atoms. The second-order valence-electron chi connectivity index (χ2n) is 5.04. The maximum atomic E-state index is 12.3. The van der Waals surface area contributed by atoms with Gasteiger partial charge in [0.25, 0.3) is 5.91 Å². The van der Waals surface area contributed by atoms with E-state index in [0.717, 1.165) is 12.8 Å². The number of amides is 1. The van der Waals surface area contributed by atoms with E-state index in [-0.39, 0.29) is 18.3 Å². The van der Waals surface area contributed by atoms with Crippen LogP contribution in [-0.4, -0.2) is 28.9 Å². The quantitative estimate of drug-likeness (QED) is 0.849. The summed E-state index contributed by atoms with van der Waals surface area (Å²) in [6.45, 7) is 0. The molecular formula is C14H22ClN3O. The zero-order valence-electron chi connectivity index (χ0n) is 11.3. The summed E-state index contributed by atoms with van der Waals surface area (Å²) < 4.78 is 0. The van der Waals surface area contributed by atoms with Crippen molar-refractivity contribution in [3.8, 4) is 0 Å². The molecule has 1 aliphatic carbocycles. The first-order valence-electron chi connectivity index (χ1n) is 6.67. The molecule has 0 atom stereocenters. The molecule has 0 unspecified atom stereocenters. The number of rotatable bonds is 2. The SMILES string of the molecule is CN(C(=O)c1ccc(N)cn1)C1CCCCCC1.Cl. The fourth-order valence-corrected chi connectivity index (χ4v) is 2.52. The normalized spacial score (nSPS) is 16.3. The topological polar surface area (TPSA) is 59.2 Å². The first kappa shape index (κ1) is 15.8. The largest absolute Gasteiger partial charge is 0.397 e. The van der Waals surface area contributed by atoms with Crippen molar-refractivity contribution in [3.63, 3.8) is 0 Å². The minimum atomic E-state index is 0. The molecule has 2 rings (SSSR count). The number of nitrogens with zero attached hydrogens (tertiary/aromatic N) is 2. The van der Waals surface area contributed by atoms with Gasteiger partial charge in [-0.3, -0.25) is 4.79 Å². The van der Waals surface area contributed by atoms with Crippen LogP contribution >= 0.6 is 12.4 Å². The van der Waals surface area contributed by atoms with Crippen LogP contribution in [0.4, 0.5) is 5.69 Å². The minimum absolute atomic E-state index is 0. The summed E-state index contributed by atoms with van der Waals surface area (Å²) in [6, 6.07) is 3.78. The van der Waals surface area contributed by atoms with E-state index < -0.39 is 0 Å². The number of carbonyl (C=O) groups is 1. The number of nitrogen functional groups attached to an aromatic ring is 1. The molecule has 4 nitrogen and oxygen atoms in total. The molecule has 1 amide bonds. The molecular weight excluding hydrogens is 262 g/mol. The van der Waals surface area contributed by atoms with Gasteiger partial charge in [0.05, 0.1) is 11.9 Å². The number of hydrogen-bond acceptors (Lipinski definition) is 3. The second-order valence-corrected chi connectivity index (χ2v) is 5.04. The highest BCUT2D eigenvalue weighted by molar-refractivity contribution is 5.92. The Morgan fingerprint density at radius 1 is 1.26 bits per heavy atom. The number of halogens is 1. The molecule has 106 valence electrons. The molecule has 1 aromatic rings. The van der Waals surface area contributed by atoms with Gasteiger partial charge in [-0.15, -0.1) is 12.4 Å². The van der Waals surface area contributed by atoms with E-state index in [2.05, 4.69) is 4.98 Å². The lowest BCUT2D eigenvalue weighted by atomic mass is 10.1. The Labute approximate surface area is 120 Å². The van der Waals surface area contributed by atoms with E-state index in [9.17, 15) is 4.79 Å². The summed E-state index contributed by atoms with van der Waals surface area (Å²) in [5.74, 6) is 0.00176. The third kappa shape index (κ3) is 4.10. The molecule has 0 saturated heterocycles. The lowest BCUT2D eigenvalue weighted by Gasteiger charge is -2.26. The Bertz CT molecular complexity index is 400. The van der Waals surface area contributed by atoms with Gasteiger partial charge in [-0.05, 0) is 25.0 Å². The Kier molecular flexibility index (Phi) is 6.09. The van der Waals surface area contributed by atoms with Crippen LogP contribution in [0, 0.1) is 0 Å². The number of carbonyl (C=O) groups excluding carboxylic acids is 1. The third-order valence-corrected chi connectivity index (χ3v) is 3.70. The summed E-state index contributed by atoms with van der Waals surface area (Å²) in [6.07, 6.45) is 8.77. The molecule has 0 aromatic carbocycles. The van der Waals surface area contributed by atoms with E-state index in [1.54, 1.807) is 12.1 Å². The molecule has 1 aromatic heterocycles. The summed E-state index contributed by atoms with van der Waals surface area (Å²) >= 11 is 0. The lowest BCUT2D eigenvalue weighted by Crippen LogP contribution is -2.37. The molecule has 0 radical (unpaired) electrons. The van der Waals surface area contributed by atoms with Crippen molar-refractivity contribution < 1.29 is 4.79 Å². The lowest BCUT2D eigenvalue weighted by molar-refractivity contribution is 0.0712. The maximum absolute atomic E-state index is 12.3. The van der Waals surface area contributed by atoms with Crippen LogP contribution in [-0.2, 0) is 0 Å². The van der Waals surface area contributed by atoms with E-state index in [1.165, 1.54) is 31.9 Å². The first-order chi connectivity index (χ1) is 8.68. The molecule has 1 heterocycles. The van der Waals surface area contributed by atoms with E-state index in [4.69, 9.17) is 5.73 Å². The molecule has 19 heavy (non-hydrogen) atoms. The van der Waals surface area contributed by atoms with Crippen molar-refractivity contribution in [1.29, 1.82) is 0 Å². The smallest absolute Gasteiger partial charge is 0.272 e. The Morgan fingerprint density at radius 3 is 2.42 bits per heavy atom. The summed E-state index contributed by atoms with van der Waals surface area (Å²) in [5, 5.41) is 0. The maximum Gasteiger partial charge on any atom is 0.272 e. The van der Waals surface area contributed by atoms with Gasteiger partial charge < -0.3 is 10.6 Å². The molecule has 1 fully saturated rings. The highest BCUT2D eigenvalue weighted by Crippen LogP contribution is 2.22. The van der Waals surface area contributed by atoms with Gasteiger partial charge in [0.15, 0.2) is 0 Å². The molecule has 2 N–H and O–H groups in total. The molecule has 0 spiro atoms. The van der Waals surface area contributed by atoms with Crippen LogP contribution in [0.15, 0.2) is 18.3 Å². The van der Waals surface area contributed by atoms with Gasteiger partial charge in [0.1, 0.15) is 5.69 Å². The van der Waals surface area contributed by atoms with Gasteiger partial charge in [-0.1, -0.05) is 25.7 Å². The Balaban J connectivity index is 0.00000180. The summed E-state index contributed by atoms with van der Waals surface area (Å²) in [7, 11) is 1.89.